The number of nitrogens with zero attached hydrogens (tertiary/aromatic N) is 4. The lowest BCUT2D eigenvalue weighted by molar-refractivity contribution is -0.00874. The fraction of sp³-hybridized carbons (Fsp3) is 1.00. The molecule has 210 valence electrons. The Morgan fingerprint density at radius 1 is 0.528 bits per heavy atom. The predicted molar refractivity (Wildman–Crippen MR) is 153 cm³/mol. The summed E-state index contributed by atoms with van der Waals surface area (Å²) in [5.41, 5.74) is 14.8. The zero-order valence-electron chi connectivity index (χ0n) is 24.4. The van der Waals surface area contributed by atoms with E-state index in [1.165, 1.54) is 123 Å². The summed E-state index contributed by atoms with van der Waals surface area (Å²) >= 11 is 0. The SMILES string of the molecule is CN1CCC(C(N)(CCCC(CN)(C2CCN(C)CC2)C2CCN(C)CC2)C2CCN(C)CC2)CC1. The van der Waals surface area contributed by atoms with E-state index in [2.05, 4.69) is 47.8 Å². The van der Waals surface area contributed by atoms with Gasteiger partial charge in [0.25, 0.3) is 0 Å². The predicted octanol–water partition coefficient (Wildman–Crippen LogP) is 3.17. The molecule has 4 aliphatic rings. The maximum Gasteiger partial charge on any atom is 0.0213 e. The van der Waals surface area contributed by atoms with Crippen molar-refractivity contribution in [2.24, 2.45) is 40.6 Å². The van der Waals surface area contributed by atoms with Crippen LogP contribution in [0.15, 0.2) is 0 Å². The fourth-order valence-corrected chi connectivity index (χ4v) is 8.90. The zero-order valence-corrected chi connectivity index (χ0v) is 24.4. The lowest BCUT2D eigenvalue weighted by atomic mass is 9.57. The van der Waals surface area contributed by atoms with Gasteiger partial charge in [-0.2, -0.15) is 0 Å². The zero-order chi connectivity index (χ0) is 25.8. The normalized spacial score (nSPS) is 27.2. The molecule has 0 unspecified atom stereocenters. The molecule has 0 saturated carbocycles. The van der Waals surface area contributed by atoms with Crippen LogP contribution < -0.4 is 11.5 Å². The molecule has 4 saturated heterocycles. The van der Waals surface area contributed by atoms with Gasteiger partial charge in [-0.25, -0.2) is 0 Å². The van der Waals surface area contributed by atoms with Crippen molar-refractivity contribution in [3.05, 3.63) is 0 Å². The Kier molecular flexibility index (Phi) is 10.2. The van der Waals surface area contributed by atoms with Gasteiger partial charge in [-0.1, -0.05) is 6.42 Å². The van der Waals surface area contributed by atoms with E-state index in [-0.39, 0.29) is 5.54 Å². The van der Waals surface area contributed by atoms with Crippen LogP contribution in [0.3, 0.4) is 0 Å². The van der Waals surface area contributed by atoms with Gasteiger partial charge < -0.3 is 31.1 Å². The third kappa shape index (κ3) is 6.48. The highest BCUT2D eigenvalue weighted by molar-refractivity contribution is 5.02. The first-order chi connectivity index (χ1) is 17.3. The van der Waals surface area contributed by atoms with E-state index in [1.807, 2.05) is 0 Å². The molecule has 0 radical (unpaired) electrons. The van der Waals surface area contributed by atoms with Crippen LogP contribution in [-0.4, -0.2) is 112 Å². The van der Waals surface area contributed by atoms with Crippen LogP contribution in [0, 0.1) is 29.1 Å². The largest absolute Gasteiger partial charge is 0.330 e. The number of hydrogen-bond acceptors (Lipinski definition) is 6. The third-order valence-electron chi connectivity index (χ3n) is 11.7. The van der Waals surface area contributed by atoms with Gasteiger partial charge in [-0.15, -0.1) is 0 Å². The maximum atomic E-state index is 7.62. The summed E-state index contributed by atoms with van der Waals surface area (Å²) < 4.78 is 0. The second-order valence-electron chi connectivity index (χ2n) is 13.7. The highest BCUT2D eigenvalue weighted by Gasteiger charge is 2.47. The monoisotopic (exact) mass is 504 g/mol. The first kappa shape index (κ1) is 28.8. The Labute approximate surface area is 223 Å². The van der Waals surface area contributed by atoms with Gasteiger partial charge >= 0.3 is 0 Å². The molecule has 6 nitrogen and oxygen atoms in total. The summed E-state index contributed by atoms with van der Waals surface area (Å²) in [5.74, 6) is 2.93. The van der Waals surface area contributed by atoms with Crippen molar-refractivity contribution in [2.75, 3.05) is 87.1 Å². The molecule has 36 heavy (non-hydrogen) atoms. The molecule has 0 aliphatic carbocycles. The number of piperidine rings is 4. The van der Waals surface area contributed by atoms with Gasteiger partial charge in [0.2, 0.25) is 0 Å². The average molecular weight is 505 g/mol. The molecule has 4 N–H and O–H groups in total. The Morgan fingerprint density at radius 2 is 0.833 bits per heavy atom. The Bertz CT molecular complexity index is 594. The van der Waals surface area contributed by atoms with Gasteiger partial charge in [0.05, 0.1) is 0 Å². The molecular formula is C30H60N6. The van der Waals surface area contributed by atoms with E-state index < -0.39 is 0 Å². The van der Waals surface area contributed by atoms with E-state index >= 15 is 0 Å². The van der Waals surface area contributed by atoms with Crippen molar-refractivity contribution in [1.29, 1.82) is 0 Å². The molecule has 4 fully saturated rings. The number of likely N-dealkylation sites (tertiary alicyclic amines) is 4. The molecular weight excluding hydrogens is 444 g/mol. The summed E-state index contributed by atoms with van der Waals surface area (Å²) in [7, 11) is 9.15. The number of rotatable bonds is 9. The van der Waals surface area contributed by atoms with Crippen LogP contribution in [0.5, 0.6) is 0 Å². The van der Waals surface area contributed by atoms with E-state index in [0.717, 1.165) is 18.4 Å². The van der Waals surface area contributed by atoms with Crippen molar-refractivity contribution in [2.45, 2.75) is 76.2 Å². The van der Waals surface area contributed by atoms with Gasteiger partial charge in [0.15, 0.2) is 0 Å². The second-order valence-corrected chi connectivity index (χ2v) is 13.7. The van der Waals surface area contributed by atoms with Gasteiger partial charge in [0, 0.05) is 5.54 Å². The summed E-state index contributed by atoms with van der Waals surface area (Å²) in [4.78, 5) is 10.1. The molecule has 0 amide bonds. The minimum atomic E-state index is 0.00240. The topological polar surface area (TPSA) is 65.0 Å². The van der Waals surface area contributed by atoms with Crippen LogP contribution in [0.4, 0.5) is 0 Å². The third-order valence-corrected chi connectivity index (χ3v) is 11.7. The van der Waals surface area contributed by atoms with Crippen molar-refractivity contribution in [1.82, 2.24) is 19.6 Å². The summed E-state index contributed by atoms with van der Waals surface area (Å²) in [5, 5.41) is 0. The standard InChI is InChI=1S/C30H60N6/c1-33-16-6-25(7-17-33)29(24-31,26-8-18-34(2)19-9-26)14-5-15-30(32,27-10-20-35(3)21-11-27)28-12-22-36(4)23-13-28/h25-28H,5-24,31-32H2,1-4H3. The number of hydrogen-bond donors (Lipinski definition) is 2. The molecule has 4 aliphatic heterocycles. The molecule has 6 heteroatoms. The number of nitrogens with two attached hydrogens (primary N) is 2. The summed E-state index contributed by atoms with van der Waals surface area (Å²) in [6.45, 7) is 10.7. The molecule has 0 aromatic carbocycles. The highest BCUT2D eigenvalue weighted by atomic mass is 15.1. The lowest BCUT2D eigenvalue weighted by Gasteiger charge is -2.52. The molecule has 0 spiro atoms. The van der Waals surface area contributed by atoms with Crippen LogP contribution >= 0.6 is 0 Å². The van der Waals surface area contributed by atoms with Gasteiger partial charge in [0.1, 0.15) is 0 Å². The van der Waals surface area contributed by atoms with Crippen molar-refractivity contribution in [3.8, 4) is 0 Å². The lowest BCUT2D eigenvalue weighted by Crippen LogP contribution is -2.58. The van der Waals surface area contributed by atoms with Crippen LogP contribution in [0.2, 0.25) is 0 Å². The van der Waals surface area contributed by atoms with E-state index in [4.69, 9.17) is 11.5 Å². The Balaban J connectivity index is 1.49. The van der Waals surface area contributed by atoms with E-state index in [1.54, 1.807) is 0 Å². The highest BCUT2D eigenvalue weighted by Crippen LogP contribution is 2.50. The van der Waals surface area contributed by atoms with Gasteiger partial charge in [-0.05, 0) is 180 Å². The second kappa shape index (κ2) is 12.7. The first-order valence-electron chi connectivity index (χ1n) is 15.5. The molecule has 0 aromatic heterocycles. The van der Waals surface area contributed by atoms with E-state index in [9.17, 15) is 0 Å². The smallest absolute Gasteiger partial charge is 0.0213 e. The Hall–Kier alpha value is -0.240. The first-order valence-corrected chi connectivity index (χ1v) is 15.5. The fourth-order valence-electron chi connectivity index (χ4n) is 8.90. The molecule has 0 atom stereocenters. The quantitative estimate of drug-likeness (QED) is 0.503. The Morgan fingerprint density at radius 3 is 1.14 bits per heavy atom. The van der Waals surface area contributed by atoms with Crippen LogP contribution in [0.1, 0.15) is 70.6 Å². The average Bonchev–Trinajstić information content (AvgIpc) is 2.88. The molecule has 0 aromatic rings. The minimum Gasteiger partial charge on any atom is -0.330 e. The van der Waals surface area contributed by atoms with Gasteiger partial charge in [-0.3, -0.25) is 0 Å². The van der Waals surface area contributed by atoms with Crippen molar-refractivity contribution >= 4 is 0 Å². The van der Waals surface area contributed by atoms with Crippen LogP contribution in [0.25, 0.3) is 0 Å². The van der Waals surface area contributed by atoms with Crippen molar-refractivity contribution < 1.29 is 0 Å². The summed E-state index contributed by atoms with van der Waals surface area (Å²) in [6, 6.07) is 0. The maximum absolute atomic E-state index is 7.62. The van der Waals surface area contributed by atoms with E-state index in [0.29, 0.717) is 17.3 Å². The molecule has 4 heterocycles. The molecule has 4 rings (SSSR count). The van der Waals surface area contributed by atoms with Crippen molar-refractivity contribution in [3.63, 3.8) is 0 Å². The summed E-state index contributed by atoms with van der Waals surface area (Å²) in [6.07, 6.45) is 14.2. The molecule has 0 bridgehead atoms. The minimum absolute atomic E-state index is 0.00240. The van der Waals surface area contributed by atoms with Crippen LogP contribution in [-0.2, 0) is 0 Å².